The van der Waals surface area contributed by atoms with E-state index in [2.05, 4.69) is 21.2 Å². The highest BCUT2D eigenvalue weighted by molar-refractivity contribution is 6.33. The summed E-state index contributed by atoms with van der Waals surface area (Å²) in [5.41, 5.74) is 3.76. The lowest BCUT2D eigenvalue weighted by molar-refractivity contribution is 0.357. The maximum atomic E-state index is 6.31. The monoisotopic (exact) mass is 300 g/mol. The van der Waals surface area contributed by atoms with E-state index in [4.69, 9.17) is 16.3 Å². The number of aromatic amines is 1. The van der Waals surface area contributed by atoms with Crippen LogP contribution in [0.4, 0.5) is 0 Å². The van der Waals surface area contributed by atoms with Gasteiger partial charge >= 0.3 is 0 Å². The number of aryl methyl sites for hydroxylation is 1. The lowest BCUT2D eigenvalue weighted by atomic mass is 10.1. The number of hydrogen-bond donors (Lipinski definition) is 1. The van der Waals surface area contributed by atoms with Gasteiger partial charge in [-0.2, -0.15) is 5.10 Å². The van der Waals surface area contributed by atoms with Gasteiger partial charge in [-0.05, 0) is 19.1 Å². The molecule has 5 nitrogen and oxygen atoms in total. The highest BCUT2D eigenvalue weighted by Gasteiger charge is 2.21. The molecule has 0 saturated carbocycles. The molecule has 106 valence electrons. The smallest absolute Gasteiger partial charge is 0.166 e. The zero-order valence-electron chi connectivity index (χ0n) is 11.4. The number of rotatable bonds is 2. The number of H-pyrrole nitrogens is 1. The van der Waals surface area contributed by atoms with Gasteiger partial charge in [0.15, 0.2) is 5.82 Å². The Labute approximate surface area is 126 Å². The molecule has 3 heterocycles. The standard InChI is InChI=1S/C15H13ClN4O/c1-9-13(16)14(19-18-9)15-17-6-7-20(15)11-3-2-4-12-10(11)5-8-21-12/h2-4,6-7H,5,8H2,1H3,(H,18,19). The molecular weight excluding hydrogens is 288 g/mol. The van der Waals surface area contributed by atoms with Crippen molar-refractivity contribution in [3.8, 4) is 23.0 Å². The van der Waals surface area contributed by atoms with Gasteiger partial charge in [0.05, 0.1) is 23.0 Å². The Kier molecular flexibility index (Phi) is 2.75. The topological polar surface area (TPSA) is 55.7 Å². The van der Waals surface area contributed by atoms with Crippen LogP contribution < -0.4 is 4.74 Å². The maximum Gasteiger partial charge on any atom is 0.166 e. The Morgan fingerprint density at radius 3 is 3.10 bits per heavy atom. The second-order valence-electron chi connectivity index (χ2n) is 4.98. The minimum Gasteiger partial charge on any atom is -0.493 e. The summed E-state index contributed by atoms with van der Waals surface area (Å²) in [5, 5.41) is 7.77. The molecule has 0 radical (unpaired) electrons. The summed E-state index contributed by atoms with van der Waals surface area (Å²) in [6.45, 7) is 2.61. The number of nitrogens with zero attached hydrogens (tertiary/aromatic N) is 3. The van der Waals surface area contributed by atoms with Gasteiger partial charge in [-0.15, -0.1) is 0 Å². The molecule has 21 heavy (non-hydrogen) atoms. The number of hydrogen-bond acceptors (Lipinski definition) is 3. The summed E-state index contributed by atoms with van der Waals surface area (Å²) < 4.78 is 7.64. The van der Waals surface area contributed by atoms with E-state index in [1.165, 1.54) is 5.56 Å². The summed E-state index contributed by atoms with van der Waals surface area (Å²) in [5.74, 6) is 1.67. The summed E-state index contributed by atoms with van der Waals surface area (Å²) in [4.78, 5) is 4.42. The molecule has 1 aromatic carbocycles. The molecule has 2 aromatic heterocycles. The van der Waals surface area contributed by atoms with Crippen LogP contribution in [0.25, 0.3) is 17.2 Å². The molecule has 3 aromatic rings. The van der Waals surface area contributed by atoms with Crippen LogP contribution in [-0.2, 0) is 6.42 Å². The van der Waals surface area contributed by atoms with Crippen molar-refractivity contribution >= 4 is 11.6 Å². The minimum absolute atomic E-state index is 0.603. The van der Waals surface area contributed by atoms with Crippen molar-refractivity contribution in [2.45, 2.75) is 13.3 Å². The zero-order chi connectivity index (χ0) is 14.4. The van der Waals surface area contributed by atoms with Crippen LogP contribution in [0, 0.1) is 6.92 Å². The molecule has 6 heteroatoms. The third-order valence-corrected chi connectivity index (χ3v) is 4.17. The van der Waals surface area contributed by atoms with Crippen molar-refractivity contribution in [2.24, 2.45) is 0 Å². The van der Waals surface area contributed by atoms with Crippen molar-refractivity contribution in [3.05, 3.63) is 46.9 Å². The summed E-state index contributed by atoms with van der Waals surface area (Å²) in [6.07, 6.45) is 4.57. The fourth-order valence-corrected chi connectivity index (χ4v) is 2.84. The van der Waals surface area contributed by atoms with Gasteiger partial charge in [0, 0.05) is 24.4 Å². The molecule has 0 spiro atoms. The van der Waals surface area contributed by atoms with Gasteiger partial charge in [-0.1, -0.05) is 17.7 Å². The largest absolute Gasteiger partial charge is 0.493 e. The Morgan fingerprint density at radius 2 is 2.29 bits per heavy atom. The third kappa shape index (κ3) is 1.85. The molecule has 0 aliphatic carbocycles. The average Bonchev–Trinajstić information content (AvgIpc) is 3.20. The van der Waals surface area contributed by atoms with E-state index in [-0.39, 0.29) is 0 Å². The number of benzene rings is 1. The van der Waals surface area contributed by atoms with E-state index in [1.54, 1.807) is 6.20 Å². The van der Waals surface area contributed by atoms with Crippen LogP contribution >= 0.6 is 11.6 Å². The summed E-state index contributed by atoms with van der Waals surface area (Å²) in [6, 6.07) is 6.04. The first-order chi connectivity index (χ1) is 10.3. The minimum atomic E-state index is 0.603. The second-order valence-corrected chi connectivity index (χ2v) is 5.36. The van der Waals surface area contributed by atoms with Crippen molar-refractivity contribution in [3.63, 3.8) is 0 Å². The van der Waals surface area contributed by atoms with Crippen molar-refractivity contribution in [1.82, 2.24) is 19.7 Å². The Bertz CT molecular complexity index is 821. The van der Waals surface area contributed by atoms with E-state index in [0.717, 1.165) is 36.0 Å². The molecule has 1 aliphatic rings. The van der Waals surface area contributed by atoms with Crippen molar-refractivity contribution in [2.75, 3.05) is 6.61 Å². The molecule has 0 bridgehead atoms. The van der Waals surface area contributed by atoms with Crippen LogP contribution in [0.5, 0.6) is 5.75 Å². The number of ether oxygens (including phenoxy) is 1. The van der Waals surface area contributed by atoms with E-state index >= 15 is 0 Å². The first-order valence-corrected chi connectivity index (χ1v) is 7.13. The SMILES string of the molecule is Cc1[nH]nc(-c2nccn2-c2cccc3c2CCO3)c1Cl. The van der Waals surface area contributed by atoms with Gasteiger partial charge in [0.2, 0.25) is 0 Å². The maximum absolute atomic E-state index is 6.31. The predicted octanol–water partition coefficient (Wildman–Crippen LogP) is 3.16. The lowest BCUT2D eigenvalue weighted by Gasteiger charge is -2.10. The molecule has 0 saturated heterocycles. The summed E-state index contributed by atoms with van der Waals surface area (Å²) in [7, 11) is 0. The molecule has 4 rings (SSSR count). The normalized spacial score (nSPS) is 13.2. The molecule has 0 atom stereocenters. The lowest BCUT2D eigenvalue weighted by Crippen LogP contribution is -2.00. The van der Waals surface area contributed by atoms with Gasteiger partial charge in [0.1, 0.15) is 11.4 Å². The Hall–Kier alpha value is -2.27. The summed E-state index contributed by atoms with van der Waals surface area (Å²) >= 11 is 6.31. The van der Waals surface area contributed by atoms with Gasteiger partial charge in [0.25, 0.3) is 0 Å². The molecular formula is C15H13ClN4O. The van der Waals surface area contributed by atoms with Crippen LogP contribution in [0.3, 0.4) is 0 Å². The Balaban J connectivity index is 1.91. The Morgan fingerprint density at radius 1 is 1.38 bits per heavy atom. The highest BCUT2D eigenvalue weighted by atomic mass is 35.5. The first kappa shape index (κ1) is 12.5. The van der Waals surface area contributed by atoms with Crippen LogP contribution in [0.1, 0.15) is 11.3 Å². The van der Waals surface area contributed by atoms with Crippen molar-refractivity contribution < 1.29 is 4.74 Å². The molecule has 1 N–H and O–H groups in total. The van der Waals surface area contributed by atoms with Gasteiger partial charge in [-0.25, -0.2) is 4.98 Å². The van der Waals surface area contributed by atoms with E-state index in [1.807, 2.05) is 29.8 Å². The molecule has 0 unspecified atom stereocenters. The quantitative estimate of drug-likeness (QED) is 0.791. The number of halogens is 1. The number of imidazole rings is 1. The van der Waals surface area contributed by atoms with Crippen LogP contribution in [0.2, 0.25) is 5.02 Å². The average molecular weight is 301 g/mol. The molecule has 0 amide bonds. The van der Waals surface area contributed by atoms with Crippen molar-refractivity contribution in [1.29, 1.82) is 0 Å². The third-order valence-electron chi connectivity index (χ3n) is 3.70. The fourth-order valence-electron chi connectivity index (χ4n) is 2.67. The molecule has 1 aliphatic heterocycles. The van der Waals surface area contributed by atoms with Gasteiger partial charge < -0.3 is 4.74 Å². The number of fused-ring (bicyclic) bond motifs is 1. The predicted molar refractivity (Wildman–Crippen MR) is 80.1 cm³/mol. The fraction of sp³-hybridized carbons (Fsp3) is 0.200. The van der Waals surface area contributed by atoms with E-state index < -0.39 is 0 Å². The van der Waals surface area contributed by atoms with E-state index in [0.29, 0.717) is 10.7 Å². The highest BCUT2D eigenvalue weighted by Crippen LogP contribution is 2.34. The van der Waals surface area contributed by atoms with Gasteiger partial charge in [-0.3, -0.25) is 9.67 Å². The van der Waals surface area contributed by atoms with Crippen LogP contribution in [0.15, 0.2) is 30.6 Å². The zero-order valence-corrected chi connectivity index (χ0v) is 12.2. The van der Waals surface area contributed by atoms with E-state index in [9.17, 15) is 0 Å². The molecule has 0 fully saturated rings. The number of nitrogens with one attached hydrogen (secondary N) is 1. The van der Waals surface area contributed by atoms with Crippen LogP contribution in [-0.4, -0.2) is 26.4 Å². The first-order valence-electron chi connectivity index (χ1n) is 6.75. The number of aromatic nitrogens is 4. The second kappa shape index (κ2) is 4.63.